The van der Waals surface area contributed by atoms with Gasteiger partial charge in [0.2, 0.25) is 9.84 Å². The van der Waals surface area contributed by atoms with Gasteiger partial charge in [0, 0.05) is 18.2 Å². The molecule has 23 heavy (non-hydrogen) atoms. The number of nitrogens with one attached hydrogen (secondary N) is 1. The highest BCUT2D eigenvalue weighted by atomic mass is 35.5. The van der Waals surface area contributed by atoms with Gasteiger partial charge in [-0.05, 0) is 36.6 Å². The fraction of sp³-hybridized carbons (Fsp3) is 0.500. The maximum Gasteiger partial charge on any atom is 0.341 e. The van der Waals surface area contributed by atoms with Crippen LogP contribution in [0.4, 0.5) is 8.78 Å². The lowest BCUT2D eigenvalue weighted by Gasteiger charge is -2.18. The quantitative estimate of drug-likeness (QED) is 0.770. The number of amides is 1. The van der Waals surface area contributed by atoms with Gasteiger partial charge in [-0.25, -0.2) is 8.42 Å². The Balaban J connectivity index is 0.00000484. The van der Waals surface area contributed by atoms with E-state index in [1.54, 1.807) is 0 Å². The number of nitrogens with two attached hydrogens (primary N) is 1. The van der Waals surface area contributed by atoms with Crippen LogP contribution >= 0.6 is 12.4 Å². The van der Waals surface area contributed by atoms with E-state index in [0.29, 0.717) is 12.3 Å². The molecule has 0 aliphatic carbocycles. The zero-order valence-electron chi connectivity index (χ0n) is 12.8. The first kappa shape index (κ1) is 21.8. The second-order valence-electron chi connectivity index (χ2n) is 5.37. The molecule has 0 heterocycles. The number of sulfone groups is 1. The van der Waals surface area contributed by atoms with Crippen LogP contribution in [0.2, 0.25) is 0 Å². The van der Waals surface area contributed by atoms with Gasteiger partial charge in [-0.1, -0.05) is 13.8 Å². The van der Waals surface area contributed by atoms with Gasteiger partial charge in [0.25, 0.3) is 5.91 Å². The minimum Gasteiger partial charge on any atom is -0.348 e. The third-order valence-electron chi connectivity index (χ3n) is 3.06. The van der Waals surface area contributed by atoms with Gasteiger partial charge in [0.05, 0.1) is 4.90 Å². The molecule has 0 bridgehead atoms. The maximum absolute atomic E-state index is 12.4. The minimum atomic E-state index is -4.65. The van der Waals surface area contributed by atoms with Crippen molar-refractivity contribution in [2.75, 3.05) is 6.54 Å². The fourth-order valence-corrected chi connectivity index (χ4v) is 2.67. The molecule has 5 nitrogen and oxygen atoms in total. The smallest absolute Gasteiger partial charge is 0.341 e. The van der Waals surface area contributed by atoms with E-state index in [4.69, 9.17) is 5.73 Å². The molecule has 0 saturated heterocycles. The molecule has 0 fully saturated rings. The average Bonchev–Trinajstić information content (AvgIpc) is 2.45. The number of alkyl halides is 2. The van der Waals surface area contributed by atoms with Crippen molar-refractivity contribution in [3.05, 3.63) is 29.8 Å². The van der Waals surface area contributed by atoms with Crippen molar-refractivity contribution in [1.29, 1.82) is 0 Å². The van der Waals surface area contributed by atoms with Gasteiger partial charge in [-0.2, -0.15) is 8.78 Å². The molecule has 0 aliphatic heterocycles. The molecule has 0 spiro atoms. The molecule has 9 heteroatoms. The highest BCUT2D eigenvalue weighted by Gasteiger charge is 2.26. The number of benzene rings is 1. The van der Waals surface area contributed by atoms with Crippen LogP contribution in [0.15, 0.2) is 29.2 Å². The van der Waals surface area contributed by atoms with Crippen molar-refractivity contribution in [3.63, 3.8) is 0 Å². The number of carbonyl (C=O) groups is 1. The highest BCUT2D eigenvalue weighted by Crippen LogP contribution is 2.18. The lowest BCUT2D eigenvalue weighted by atomic mass is 10.0. The van der Waals surface area contributed by atoms with Crippen LogP contribution in [0.1, 0.15) is 30.6 Å². The number of hydrogen-bond donors (Lipinski definition) is 2. The zero-order chi connectivity index (χ0) is 16.9. The summed E-state index contributed by atoms with van der Waals surface area (Å²) in [4.78, 5) is 11.5. The Kier molecular flexibility index (Phi) is 8.65. The fourth-order valence-electron chi connectivity index (χ4n) is 1.95. The third-order valence-corrected chi connectivity index (χ3v) is 4.45. The van der Waals surface area contributed by atoms with Crippen LogP contribution in [-0.2, 0) is 9.84 Å². The van der Waals surface area contributed by atoms with Gasteiger partial charge in [0.1, 0.15) is 0 Å². The van der Waals surface area contributed by atoms with E-state index in [1.807, 2.05) is 13.8 Å². The summed E-state index contributed by atoms with van der Waals surface area (Å²) < 4.78 is 47.4. The predicted octanol–water partition coefficient (Wildman–Crippen LogP) is 2.21. The largest absolute Gasteiger partial charge is 0.348 e. The summed E-state index contributed by atoms with van der Waals surface area (Å²) in [5.41, 5.74) is 5.77. The lowest BCUT2D eigenvalue weighted by Crippen LogP contribution is -2.41. The molecular formula is C14H21ClF2N2O3S. The average molecular weight is 371 g/mol. The molecular weight excluding hydrogens is 350 g/mol. The highest BCUT2D eigenvalue weighted by molar-refractivity contribution is 7.91. The second kappa shape index (κ2) is 9.14. The number of carbonyl (C=O) groups excluding carboxylic acids is 1. The minimum absolute atomic E-state index is 0. The second-order valence-corrected chi connectivity index (χ2v) is 7.28. The summed E-state index contributed by atoms with van der Waals surface area (Å²) in [7, 11) is -4.65. The Bertz CT molecular complexity index is 607. The topological polar surface area (TPSA) is 89.3 Å². The summed E-state index contributed by atoms with van der Waals surface area (Å²) in [6.45, 7) is 4.28. The van der Waals surface area contributed by atoms with E-state index in [-0.39, 0.29) is 30.6 Å². The van der Waals surface area contributed by atoms with Crippen molar-refractivity contribution < 1.29 is 22.0 Å². The van der Waals surface area contributed by atoms with E-state index in [1.165, 1.54) is 12.1 Å². The maximum atomic E-state index is 12.4. The summed E-state index contributed by atoms with van der Waals surface area (Å²) in [5.74, 6) is -3.55. The Hall–Kier alpha value is -1.25. The molecule has 1 rings (SSSR count). The molecule has 0 radical (unpaired) electrons. The molecule has 0 aliphatic rings. The van der Waals surface area contributed by atoms with Crippen molar-refractivity contribution in [2.45, 2.75) is 37.0 Å². The predicted molar refractivity (Wildman–Crippen MR) is 86.6 cm³/mol. The van der Waals surface area contributed by atoms with E-state index >= 15 is 0 Å². The lowest BCUT2D eigenvalue weighted by molar-refractivity contribution is 0.0933. The number of rotatable bonds is 7. The van der Waals surface area contributed by atoms with Crippen molar-refractivity contribution in [1.82, 2.24) is 5.32 Å². The summed E-state index contributed by atoms with van der Waals surface area (Å²) in [5, 5.41) is 2.73. The van der Waals surface area contributed by atoms with Gasteiger partial charge in [-0.15, -0.1) is 12.4 Å². The van der Waals surface area contributed by atoms with Crippen molar-refractivity contribution >= 4 is 28.2 Å². The van der Waals surface area contributed by atoms with Gasteiger partial charge in [-0.3, -0.25) is 4.79 Å². The van der Waals surface area contributed by atoms with E-state index < -0.39 is 26.4 Å². The first-order chi connectivity index (χ1) is 10.2. The van der Waals surface area contributed by atoms with Gasteiger partial charge >= 0.3 is 5.76 Å². The third kappa shape index (κ3) is 6.04. The Morgan fingerprint density at radius 1 is 1.22 bits per heavy atom. The summed E-state index contributed by atoms with van der Waals surface area (Å²) in [6, 6.07) is 4.20. The Morgan fingerprint density at radius 2 is 1.74 bits per heavy atom. The van der Waals surface area contributed by atoms with Crippen LogP contribution in [0.3, 0.4) is 0 Å². The Morgan fingerprint density at radius 3 is 2.13 bits per heavy atom. The van der Waals surface area contributed by atoms with Gasteiger partial charge < -0.3 is 11.1 Å². The van der Waals surface area contributed by atoms with Crippen LogP contribution in [0.25, 0.3) is 0 Å². The molecule has 1 atom stereocenters. The number of hydrogen-bond acceptors (Lipinski definition) is 4. The van der Waals surface area contributed by atoms with Crippen molar-refractivity contribution in [3.8, 4) is 0 Å². The standard InChI is InChI=1S/C14H20F2N2O3S.ClH/c1-9(2)7-11(8-17)18-13(19)10-3-5-12(6-4-10)22(20,21)14(15)16;/h3-6,9,11,14H,7-8,17H2,1-2H3,(H,18,19);1H. The zero-order valence-corrected chi connectivity index (χ0v) is 14.5. The Labute approximate surface area is 141 Å². The molecule has 1 amide bonds. The summed E-state index contributed by atoms with van der Waals surface area (Å²) >= 11 is 0. The summed E-state index contributed by atoms with van der Waals surface area (Å²) in [6.07, 6.45) is 0.708. The molecule has 132 valence electrons. The van der Waals surface area contributed by atoms with Crippen LogP contribution < -0.4 is 11.1 Å². The monoisotopic (exact) mass is 370 g/mol. The van der Waals surface area contributed by atoms with E-state index in [0.717, 1.165) is 12.1 Å². The number of halogens is 3. The molecule has 0 saturated carbocycles. The van der Waals surface area contributed by atoms with E-state index in [9.17, 15) is 22.0 Å². The van der Waals surface area contributed by atoms with Crippen molar-refractivity contribution in [2.24, 2.45) is 11.7 Å². The molecule has 1 aromatic rings. The molecule has 1 aromatic carbocycles. The van der Waals surface area contributed by atoms with E-state index in [2.05, 4.69) is 5.32 Å². The molecule has 3 N–H and O–H groups in total. The first-order valence-electron chi connectivity index (χ1n) is 6.81. The van der Waals surface area contributed by atoms with Gasteiger partial charge in [0.15, 0.2) is 0 Å². The SMILES string of the molecule is CC(C)CC(CN)NC(=O)c1ccc(S(=O)(=O)C(F)F)cc1.Cl. The van der Waals surface area contributed by atoms with Crippen LogP contribution in [0.5, 0.6) is 0 Å². The normalized spacial score (nSPS) is 12.8. The first-order valence-corrected chi connectivity index (χ1v) is 8.36. The van der Waals surface area contributed by atoms with Crippen LogP contribution in [0, 0.1) is 5.92 Å². The molecule has 0 aromatic heterocycles. The molecule has 1 unspecified atom stereocenters. The van der Waals surface area contributed by atoms with Crippen LogP contribution in [-0.4, -0.2) is 32.7 Å².